The van der Waals surface area contributed by atoms with Crippen LogP contribution in [0.25, 0.3) is 10.2 Å². The summed E-state index contributed by atoms with van der Waals surface area (Å²) in [6.07, 6.45) is 1.87. The second-order valence-electron chi connectivity index (χ2n) is 5.63. The maximum absolute atomic E-state index is 12.3. The van der Waals surface area contributed by atoms with Crippen LogP contribution >= 0.6 is 11.3 Å². The van der Waals surface area contributed by atoms with Crippen molar-refractivity contribution >= 4 is 32.6 Å². The first-order chi connectivity index (χ1) is 11.1. The van der Waals surface area contributed by atoms with Gasteiger partial charge in [0.1, 0.15) is 5.75 Å². The van der Waals surface area contributed by atoms with Gasteiger partial charge in [-0.15, -0.1) is 0 Å². The van der Waals surface area contributed by atoms with Gasteiger partial charge in [0.25, 0.3) is 5.91 Å². The highest BCUT2D eigenvalue weighted by Crippen LogP contribution is 2.33. The molecule has 1 saturated heterocycles. The molecule has 1 aromatic heterocycles. The molecule has 0 saturated carbocycles. The van der Waals surface area contributed by atoms with E-state index in [1.54, 1.807) is 25.5 Å². The second kappa shape index (κ2) is 6.72. The van der Waals surface area contributed by atoms with Gasteiger partial charge in [0.05, 0.1) is 30.4 Å². The van der Waals surface area contributed by atoms with Gasteiger partial charge in [-0.25, -0.2) is 10.0 Å². The van der Waals surface area contributed by atoms with E-state index in [1.165, 1.54) is 12.2 Å². The van der Waals surface area contributed by atoms with Gasteiger partial charge in [-0.3, -0.25) is 9.63 Å². The number of fused-ring (bicyclic) bond motifs is 1. The molecule has 1 unspecified atom stereocenters. The first-order valence-corrected chi connectivity index (χ1v) is 8.45. The van der Waals surface area contributed by atoms with Gasteiger partial charge in [0.15, 0.2) is 5.13 Å². The van der Waals surface area contributed by atoms with Crippen LogP contribution in [0.5, 0.6) is 5.75 Å². The number of carbonyl (C=O) groups excluding carboxylic acids is 1. The van der Waals surface area contributed by atoms with E-state index >= 15 is 0 Å². The van der Waals surface area contributed by atoms with Crippen molar-refractivity contribution in [1.29, 1.82) is 0 Å². The number of piperidine rings is 1. The number of hydroxylamine groups is 2. The predicted molar refractivity (Wildman–Crippen MR) is 90.9 cm³/mol. The highest BCUT2D eigenvalue weighted by atomic mass is 32.1. The summed E-state index contributed by atoms with van der Waals surface area (Å²) in [5.74, 6) is 0.816. The average Bonchev–Trinajstić information content (AvgIpc) is 3.03. The van der Waals surface area contributed by atoms with E-state index in [4.69, 9.17) is 14.6 Å². The molecule has 23 heavy (non-hydrogen) atoms. The van der Waals surface area contributed by atoms with E-state index in [9.17, 15) is 4.79 Å². The number of thiazole rings is 1. The van der Waals surface area contributed by atoms with Gasteiger partial charge < -0.3 is 9.64 Å². The average molecular weight is 335 g/mol. The molecule has 2 aromatic rings. The highest BCUT2D eigenvalue weighted by molar-refractivity contribution is 7.22. The van der Waals surface area contributed by atoms with Crippen LogP contribution in [-0.4, -0.2) is 50.3 Å². The molecular weight excluding hydrogens is 314 g/mol. The third-order valence-corrected chi connectivity index (χ3v) is 5.29. The number of nitrogens with zero attached hydrogens (tertiary/aromatic N) is 3. The summed E-state index contributed by atoms with van der Waals surface area (Å²) >= 11 is 1.64. The lowest BCUT2D eigenvalue weighted by Gasteiger charge is -2.33. The molecule has 0 radical (unpaired) electrons. The Morgan fingerprint density at radius 1 is 1.43 bits per heavy atom. The molecule has 0 spiro atoms. The number of methoxy groups -OCH3 is 1. The van der Waals surface area contributed by atoms with Crippen molar-refractivity contribution in [3.8, 4) is 5.75 Å². The maximum atomic E-state index is 12.3. The van der Waals surface area contributed by atoms with Crippen molar-refractivity contribution < 1.29 is 14.4 Å². The molecule has 1 aromatic carbocycles. The lowest BCUT2D eigenvalue weighted by molar-refractivity contribution is -0.173. The normalized spacial score (nSPS) is 18.2. The van der Waals surface area contributed by atoms with Gasteiger partial charge in [-0.1, -0.05) is 11.3 Å². The Bertz CT molecular complexity index is 703. The summed E-state index contributed by atoms with van der Waals surface area (Å²) in [6, 6.07) is 5.89. The van der Waals surface area contributed by atoms with Crippen LogP contribution in [0.2, 0.25) is 0 Å². The van der Waals surface area contributed by atoms with E-state index in [0.29, 0.717) is 6.54 Å². The largest absolute Gasteiger partial charge is 0.497 e. The number of rotatable bonds is 4. The summed E-state index contributed by atoms with van der Waals surface area (Å²) < 4.78 is 6.36. The minimum atomic E-state index is -0.0461. The molecule has 0 aliphatic carbocycles. The van der Waals surface area contributed by atoms with Crippen LogP contribution in [0.15, 0.2) is 18.2 Å². The minimum Gasteiger partial charge on any atom is -0.497 e. The number of benzene rings is 1. The zero-order chi connectivity index (χ0) is 16.4. The van der Waals surface area contributed by atoms with Crippen molar-refractivity contribution in [2.45, 2.75) is 12.8 Å². The zero-order valence-corrected chi connectivity index (χ0v) is 14.4. The van der Waals surface area contributed by atoms with Gasteiger partial charge >= 0.3 is 0 Å². The summed E-state index contributed by atoms with van der Waals surface area (Å²) in [4.78, 5) is 24.2. The molecule has 7 heteroatoms. The summed E-state index contributed by atoms with van der Waals surface area (Å²) in [5, 5.41) is 2.28. The molecule has 1 fully saturated rings. The highest BCUT2D eigenvalue weighted by Gasteiger charge is 2.29. The molecule has 1 aliphatic heterocycles. The Labute approximate surface area is 139 Å². The third kappa shape index (κ3) is 3.25. The van der Waals surface area contributed by atoms with Gasteiger partial charge in [-0.05, 0) is 31.0 Å². The zero-order valence-electron chi connectivity index (χ0n) is 13.6. The summed E-state index contributed by atoms with van der Waals surface area (Å²) in [6.45, 7) is 1.61. The van der Waals surface area contributed by atoms with Gasteiger partial charge in [0, 0.05) is 20.1 Å². The molecular formula is C16H21N3O3S. The number of carbonyl (C=O) groups is 1. The number of aromatic nitrogens is 1. The van der Waals surface area contributed by atoms with Crippen molar-refractivity contribution in [1.82, 2.24) is 10.0 Å². The topological polar surface area (TPSA) is 54.9 Å². The first-order valence-electron chi connectivity index (χ1n) is 7.63. The number of hydrogen-bond donors (Lipinski definition) is 0. The fourth-order valence-electron chi connectivity index (χ4n) is 2.85. The third-order valence-electron chi connectivity index (χ3n) is 4.21. The standard InChI is InChI=1S/C16H21N3O3S/c1-18(22-3)15(20)11-5-4-8-19(10-11)16-17-13-7-6-12(21-2)9-14(13)23-16/h6-7,9,11H,4-5,8,10H2,1-3H3. The minimum absolute atomic E-state index is 0.0278. The Morgan fingerprint density at radius 3 is 3.00 bits per heavy atom. The Balaban J connectivity index is 1.79. The molecule has 1 aliphatic rings. The molecule has 6 nitrogen and oxygen atoms in total. The quantitative estimate of drug-likeness (QED) is 0.804. The second-order valence-corrected chi connectivity index (χ2v) is 6.64. The number of anilines is 1. The van der Waals surface area contributed by atoms with Crippen LogP contribution in [0.3, 0.4) is 0 Å². The summed E-state index contributed by atoms with van der Waals surface area (Å²) in [7, 11) is 4.83. The van der Waals surface area contributed by atoms with Crippen molar-refractivity contribution in [2.75, 3.05) is 39.3 Å². The van der Waals surface area contributed by atoms with E-state index in [0.717, 1.165) is 40.5 Å². The van der Waals surface area contributed by atoms with E-state index in [2.05, 4.69) is 4.90 Å². The number of ether oxygens (including phenoxy) is 1. The number of hydrogen-bond acceptors (Lipinski definition) is 6. The molecule has 0 N–H and O–H groups in total. The fraction of sp³-hybridized carbons (Fsp3) is 0.500. The van der Waals surface area contributed by atoms with E-state index in [1.807, 2.05) is 18.2 Å². The smallest absolute Gasteiger partial charge is 0.250 e. The Morgan fingerprint density at radius 2 is 2.26 bits per heavy atom. The van der Waals surface area contributed by atoms with Crippen LogP contribution in [0.1, 0.15) is 12.8 Å². The van der Waals surface area contributed by atoms with E-state index in [-0.39, 0.29) is 11.8 Å². The van der Waals surface area contributed by atoms with Crippen LogP contribution < -0.4 is 9.64 Å². The monoisotopic (exact) mass is 335 g/mol. The van der Waals surface area contributed by atoms with Gasteiger partial charge in [-0.2, -0.15) is 0 Å². The van der Waals surface area contributed by atoms with Crippen LogP contribution in [0, 0.1) is 5.92 Å². The molecule has 3 rings (SSSR count). The van der Waals surface area contributed by atoms with Crippen molar-refractivity contribution in [3.05, 3.63) is 18.2 Å². The maximum Gasteiger partial charge on any atom is 0.250 e. The van der Waals surface area contributed by atoms with Gasteiger partial charge in [0.2, 0.25) is 0 Å². The lowest BCUT2D eigenvalue weighted by Crippen LogP contribution is -2.43. The lowest BCUT2D eigenvalue weighted by atomic mass is 9.97. The molecule has 1 atom stereocenters. The predicted octanol–water partition coefficient (Wildman–Crippen LogP) is 2.54. The Kier molecular flexibility index (Phi) is 4.68. The van der Waals surface area contributed by atoms with Crippen LogP contribution in [-0.2, 0) is 9.63 Å². The van der Waals surface area contributed by atoms with Crippen molar-refractivity contribution in [2.24, 2.45) is 5.92 Å². The van der Waals surface area contributed by atoms with E-state index < -0.39 is 0 Å². The molecule has 1 amide bonds. The van der Waals surface area contributed by atoms with Crippen molar-refractivity contribution in [3.63, 3.8) is 0 Å². The molecule has 124 valence electrons. The molecule has 0 bridgehead atoms. The first kappa shape index (κ1) is 16.0. The number of amides is 1. The fourth-order valence-corrected chi connectivity index (χ4v) is 3.88. The molecule has 2 heterocycles. The summed E-state index contributed by atoms with van der Waals surface area (Å²) in [5.41, 5.74) is 0.966. The SMILES string of the molecule is COc1ccc2nc(N3CCCC(C(=O)N(C)OC)C3)sc2c1. The van der Waals surface area contributed by atoms with Crippen LogP contribution in [0.4, 0.5) is 5.13 Å². The Hall–Kier alpha value is -1.86.